The van der Waals surface area contributed by atoms with Crippen molar-refractivity contribution in [3.63, 3.8) is 0 Å². The Labute approximate surface area is 232 Å². The molecule has 4 amide bonds. The Morgan fingerprint density at radius 1 is 1.00 bits per heavy atom. The van der Waals surface area contributed by atoms with Crippen LogP contribution in [0, 0.1) is 0 Å². The summed E-state index contributed by atoms with van der Waals surface area (Å²) in [6.07, 6.45) is -0.197. The molecule has 3 aromatic carbocycles. The minimum atomic E-state index is -0.725. The Morgan fingerprint density at radius 2 is 1.70 bits per heavy atom. The summed E-state index contributed by atoms with van der Waals surface area (Å²) in [6.45, 7) is 4.41. The van der Waals surface area contributed by atoms with Gasteiger partial charge in [-0.25, -0.2) is 4.79 Å². The molecule has 3 aromatic rings. The molecule has 1 saturated heterocycles. The Hall–Kier alpha value is -4.66. The van der Waals surface area contributed by atoms with E-state index >= 15 is 0 Å². The molecule has 0 radical (unpaired) electrons. The van der Waals surface area contributed by atoms with E-state index in [1.54, 1.807) is 12.1 Å². The molecular formula is C31H31N3O6. The summed E-state index contributed by atoms with van der Waals surface area (Å²) in [6, 6.07) is 20.6. The lowest BCUT2D eigenvalue weighted by molar-refractivity contribution is -0.136. The first-order valence-corrected chi connectivity index (χ1v) is 13.1. The van der Waals surface area contributed by atoms with Crippen LogP contribution in [0.25, 0.3) is 0 Å². The maximum absolute atomic E-state index is 13.3. The Bertz CT molecular complexity index is 1470. The number of imide groups is 1. The predicted molar refractivity (Wildman–Crippen MR) is 148 cm³/mol. The van der Waals surface area contributed by atoms with Crippen LogP contribution < -0.4 is 15.4 Å². The van der Waals surface area contributed by atoms with Crippen molar-refractivity contribution in [3.05, 3.63) is 94.5 Å². The Morgan fingerprint density at radius 3 is 2.38 bits per heavy atom. The predicted octanol–water partition coefficient (Wildman–Crippen LogP) is 4.53. The standard InChI is InChI=1S/C31H31N3O6/c1-31(2,21-7-5-4-6-8-21)22-11-13-23(14-12-22)32-30(38)40-18-20-10-9-19-17-34(29(37)26(19)27(20)39-3)24-15-16-25(35)33-28(24)36/h4-14,24H,15-18H2,1-3H3,(H,32,38)(H,33,35,36). The maximum Gasteiger partial charge on any atom is 0.411 e. The summed E-state index contributed by atoms with van der Waals surface area (Å²) in [5, 5.41) is 5.04. The number of rotatable bonds is 7. The van der Waals surface area contributed by atoms with E-state index in [1.807, 2.05) is 42.5 Å². The van der Waals surface area contributed by atoms with Gasteiger partial charge in [-0.1, -0.05) is 68.4 Å². The normalized spacial score (nSPS) is 16.8. The van der Waals surface area contributed by atoms with Crippen molar-refractivity contribution in [2.75, 3.05) is 12.4 Å². The number of methoxy groups -OCH3 is 1. The molecule has 0 aromatic heterocycles. The monoisotopic (exact) mass is 541 g/mol. The first-order chi connectivity index (χ1) is 19.2. The van der Waals surface area contributed by atoms with E-state index in [0.29, 0.717) is 28.1 Å². The number of piperidine rings is 1. The van der Waals surface area contributed by atoms with E-state index in [4.69, 9.17) is 9.47 Å². The zero-order valence-corrected chi connectivity index (χ0v) is 22.7. The molecule has 2 aliphatic rings. The van der Waals surface area contributed by atoms with Gasteiger partial charge in [0.1, 0.15) is 18.4 Å². The molecule has 0 bridgehead atoms. The van der Waals surface area contributed by atoms with Gasteiger partial charge in [0.25, 0.3) is 5.91 Å². The molecule has 0 saturated carbocycles. The van der Waals surface area contributed by atoms with Crippen molar-refractivity contribution < 1.29 is 28.7 Å². The van der Waals surface area contributed by atoms with Crippen LogP contribution in [-0.4, -0.2) is 41.9 Å². The van der Waals surface area contributed by atoms with Gasteiger partial charge in [-0.2, -0.15) is 0 Å². The van der Waals surface area contributed by atoms with Gasteiger partial charge in [0, 0.05) is 29.6 Å². The smallest absolute Gasteiger partial charge is 0.411 e. The van der Waals surface area contributed by atoms with E-state index in [-0.39, 0.29) is 43.2 Å². The number of nitrogens with zero attached hydrogens (tertiary/aromatic N) is 1. The highest BCUT2D eigenvalue weighted by molar-refractivity contribution is 6.06. The van der Waals surface area contributed by atoms with Crippen molar-refractivity contribution in [3.8, 4) is 5.75 Å². The zero-order valence-electron chi connectivity index (χ0n) is 22.7. The van der Waals surface area contributed by atoms with Crippen molar-refractivity contribution in [1.82, 2.24) is 10.2 Å². The molecular weight excluding hydrogens is 510 g/mol. The number of nitrogens with one attached hydrogen (secondary N) is 2. The SMILES string of the molecule is COc1c(COC(=O)Nc2ccc(C(C)(C)c3ccccc3)cc2)ccc2c1C(=O)N(C1CCC(=O)NC1=O)C2. The third kappa shape index (κ3) is 5.14. The third-order valence-electron chi connectivity index (χ3n) is 7.64. The van der Waals surface area contributed by atoms with Crippen LogP contribution in [0.4, 0.5) is 10.5 Å². The number of carbonyl (C=O) groups is 4. The average molecular weight is 542 g/mol. The fourth-order valence-corrected chi connectivity index (χ4v) is 5.30. The number of ether oxygens (including phenoxy) is 2. The summed E-state index contributed by atoms with van der Waals surface area (Å²) < 4.78 is 11.0. The van der Waals surface area contributed by atoms with E-state index in [1.165, 1.54) is 17.6 Å². The lowest BCUT2D eigenvalue weighted by Crippen LogP contribution is -2.52. The van der Waals surface area contributed by atoms with Crippen LogP contribution in [0.1, 0.15) is 59.3 Å². The van der Waals surface area contributed by atoms with Crippen LogP contribution in [0.15, 0.2) is 66.7 Å². The highest BCUT2D eigenvalue weighted by Crippen LogP contribution is 2.36. The molecule has 1 unspecified atom stereocenters. The van der Waals surface area contributed by atoms with Gasteiger partial charge in [0.15, 0.2) is 0 Å². The summed E-state index contributed by atoms with van der Waals surface area (Å²) in [7, 11) is 1.44. The Balaban J connectivity index is 1.23. The minimum Gasteiger partial charge on any atom is -0.495 e. The molecule has 40 heavy (non-hydrogen) atoms. The largest absolute Gasteiger partial charge is 0.495 e. The molecule has 5 rings (SSSR count). The first kappa shape index (κ1) is 26.9. The van der Waals surface area contributed by atoms with Crippen LogP contribution >= 0.6 is 0 Å². The van der Waals surface area contributed by atoms with Crippen molar-refractivity contribution in [2.45, 2.75) is 51.3 Å². The molecule has 2 aliphatic heterocycles. The fraction of sp³-hybridized carbons (Fsp3) is 0.290. The average Bonchev–Trinajstić information content (AvgIpc) is 3.28. The number of fused-ring (bicyclic) bond motifs is 1. The summed E-state index contributed by atoms with van der Waals surface area (Å²) in [5.74, 6) is -0.871. The van der Waals surface area contributed by atoms with Crippen molar-refractivity contribution in [2.24, 2.45) is 0 Å². The molecule has 2 heterocycles. The molecule has 0 spiro atoms. The number of amides is 4. The number of anilines is 1. The van der Waals surface area contributed by atoms with Gasteiger partial charge in [0.2, 0.25) is 11.8 Å². The van der Waals surface area contributed by atoms with E-state index in [0.717, 1.165) is 5.56 Å². The fourth-order valence-electron chi connectivity index (χ4n) is 5.30. The third-order valence-corrected chi connectivity index (χ3v) is 7.64. The first-order valence-electron chi connectivity index (χ1n) is 13.1. The topological polar surface area (TPSA) is 114 Å². The second-order valence-corrected chi connectivity index (χ2v) is 10.5. The number of carbonyl (C=O) groups excluding carboxylic acids is 4. The molecule has 2 N–H and O–H groups in total. The van der Waals surface area contributed by atoms with E-state index in [9.17, 15) is 19.2 Å². The van der Waals surface area contributed by atoms with Gasteiger partial charge < -0.3 is 14.4 Å². The highest BCUT2D eigenvalue weighted by Gasteiger charge is 2.41. The second-order valence-electron chi connectivity index (χ2n) is 10.5. The Kier molecular flexibility index (Phi) is 7.30. The molecule has 1 atom stereocenters. The summed E-state index contributed by atoms with van der Waals surface area (Å²) >= 11 is 0. The van der Waals surface area contributed by atoms with Crippen LogP contribution in [0.2, 0.25) is 0 Å². The maximum atomic E-state index is 13.3. The van der Waals surface area contributed by atoms with Crippen LogP contribution in [-0.2, 0) is 32.9 Å². The van der Waals surface area contributed by atoms with Crippen LogP contribution in [0.5, 0.6) is 5.75 Å². The van der Waals surface area contributed by atoms with Gasteiger partial charge in [-0.3, -0.25) is 25.0 Å². The van der Waals surface area contributed by atoms with Gasteiger partial charge in [-0.15, -0.1) is 0 Å². The summed E-state index contributed by atoms with van der Waals surface area (Å²) in [5.41, 5.74) is 4.26. The van der Waals surface area contributed by atoms with Gasteiger partial charge in [-0.05, 0) is 35.2 Å². The molecule has 206 valence electrons. The van der Waals surface area contributed by atoms with Crippen molar-refractivity contribution >= 4 is 29.5 Å². The second kappa shape index (κ2) is 10.8. The van der Waals surface area contributed by atoms with Gasteiger partial charge in [0.05, 0.1) is 12.7 Å². The van der Waals surface area contributed by atoms with Crippen molar-refractivity contribution in [1.29, 1.82) is 0 Å². The number of benzene rings is 3. The number of hydrogen-bond acceptors (Lipinski definition) is 6. The van der Waals surface area contributed by atoms with E-state index in [2.05, 4.69) is 36.6 Å². The van der Waals surface area contributed by atoms with Gasteiger partial charge >= 0.3 is 6.09 Å². The number of hydrogen-bond donors (Lipinski definition) is 2. The van der Waals surface area contributed by atoms with E-state index < -0.39 is 18.0 Å². The molecule has 1 fully saturated rings. The highest BCUT2D eigenvalue weighted by atomic mass is 16.5. The quantitative estimate of drug-likeness (QED) is 0.425. The zero-order chi connectivity index (χ0) is 28.4. The lowest BCUT2D eigenvalue weighted by Gasteiger charge is -2.29. The minimum absolute atomic E-state index is 0.118. The lowest BCUT2D eigenvalue weighted by atomic mass is 9.78. The molecule has 9 heteroatoms. The summed E-state index contributed by atoms with van der Waals surface area (Å²) in [4.78, 5) is 51.2. The molecule has 0 aliphatic carbocycles. The molecule has 9 nitrogen and oxygen atoms in total. The van der Waals surface area contributed by atoms with Crippen LogP contribution in [0.3, 0.4) is 0 Å².